The molecular weight excluding hydrogens is 375 g/mol. The van der Waals surface area contributed by atoms with E-state index in [0.29, 0.717) is 13.1 Å². The summed E-state index contributed by atoms with van der Waals surface area (Å²) in [6.07, 6.45) is 3.26. The number of rotatable bonds is 5. The van der Waals surface area contributed by atoms with Crippen LogP contribution < -0.4 is 5.43 Å². The third kappa shape index (κ3) is 3.31. The van der Waals surface area contributed by atoms with Crippen LogP contribution in [0.3, 0.4) is 0 Å². The Balaban J connectivity index is 1.61. The minimum atomic E-state index is -1.60. The van der Waals surface area contributed by atoms with Crippen LogP contribution in [0.5, 0.6) is 0 Å². The topological polar surface area (TPSA) is 61.9 Å². The number of hydrogen-bond donors (Lipinski definition) is 1. The lowest BCUT2D eigenvalue weighted by atomic mass is 10.1. The van der Waals surface area contributed by atoms with Crippen molar-refractivity contribution in [2.24, 2.45) is 0 Å². The van der Waals surface area contributed by atoms with E-state index in [1.165, 1.54) is 5.01 Å². The van der Waals surface area contributed by atoms with Crippen LogP contribution in [0, 0.1) is 17.5 Å². The predicted molar refractivity (Wildman–Crippen MR) is 91.8 cm³/mol. The van der Waals surface area contributed by atoms with Gasteiger partial charge < -0.3 is 9.64 Å². The molecule has 0 bridgehead atoms. The van der Waals surface area contributed by atoms with Crippen LogP contribution in [-0.4, -0.2) is 47.7 Å². The summed E-state index contributed by atoms with van der Waals surface area (Å²) in [6.45, 7) is 3.07. The Kier molecular flexibility index (Phi) is 4.94. The molecule has 1 fully saturated rings. The summed E-state index contributed by atoms with van der Waals surface area (Å²) in [5.74, 6) is -5.54. The van der Waals surface area contributed by atoms with E-state index >= 15 is 0 Å². The van der Waals surface area contributed by atoms with E-state index in [1.54, 1.807) is 0 Å². The third-order valence-electron chi connectivity index (χ3n) is 4.96. The van der Waals surface area contributed by atoms with Crippen molar-refractivity contribution in [1.29, 1.82) is 0 Å². The summed E-state index contributed by atoms with van der Waals surface area (Å²) in [7, 11) is 0. The van der Waals surface area contributed by atoms with Gasteiger partial charge in [-0.25, -0.2) is 18.6 Å². The van der Waals surface area contributed by atoms with Gasteiger partial charge in [0, 0.05) is 18.7 Å². The van der Waals surface area contributed by atoms with Crippen molar-refractivity contribution in [3.05, 3.63) is 58.8 Å². The van der Waals surface area contributed by atoms with Crippen LogP contribution in [0.1, 0.15) is 24.6 Å². The van der Waals surface area contributed by atoms with Crippen LogP contribution in [0.2, 0.25) is 0 Å². The number of hydrazine groups is 1. The number of hydrogen-bond acceptors (Lipinski definition) is 6. The molecule has 1 aliphatic carbocycles. The van der Waals surface area contributed by atoms with Crippen molar-refractivity contribution in [2.75, 3.05) is 26.2 Å². The molecule has 6 nitrogen and oxygen atoms in total. The molecule has 2 heterocycles. The van der Waals surface area contributed by atoms with E-state index < -0.39 is 35.2 Å². The smallest absolute Gasteiger partial charge is 0.223 e. The highest BCUT2D eigenvalue weighted by Crippen LogP contribution is 2.38. The van der Waals surface area contributed by atoms with E-state index in [-0.39, 0.29) is 17.0 Å². The van der Waals surface area contributed by atoms with E-state index in [1.807, 2.05) is 0 Å². The van der Waals surface area contributed by atoms with Crippen molar-refractivity contribution in [3.63, 3.8) is 0 Å². The second kappa shape index (κ2) is 7.40. The van der Waals surface area contributed by atoms with Gasteiger partial charge in [0.25, 0.3) is 0 Å². The molecule has 9 heteroatoms. The van der Waals surface area contributed by atoms with Gasteiger partial charge in [-0.2, -0.15) is 0 Å². The summed E-state index contributed by atoms with van der Waals surface area (Å²) >= 11 is 0. The second-order valence-electron chi connectivity index (χ2n) is 6.84. The number of halogens is 3. The zero-order chi connectivity index (χ0) is 19.8. The fourth-order valence-electron chi connectivity index (χ4n) is 3.59. The highest BCUT2D eigenvalue weighted by molar-refractivity contribution is 6.19. The Morgan fingerprint density at radius 1 is 1.04 bits per heavy atom. The average molecular weight is 393 g/mol. The van der Waals surface area contributed by atoms with Crippen LogP contribution in [-0.2, 0) is 14.3 Å². The molecule has 1 aromatic carbocycles. The highest BCUT2D eigenvalue weighted by Gasteiger charge is 2.42. The van der Waals surface area contributed by atoms with Gasteiger partial charge in [0.05, 0.1) is 0 Å². The van der Waals surface area contributed by atoms with E-state index in [4.69, 9.17) is 4.74 Å². The molecule has 0 spiro atoms. The third-order valence-corrected chi connectivity index (χ3v) is 4.96. The number of nitrogens with one attached hydrogen (secondary N) is 1. The molecular formula is C19H18F3N3O3. The average Bonchev–Trinajstić information content (AvgIpc) is 3.31. The van der Waals surface area contributed by atoms with Crippen molar-refractivity contribution in [1.82, 2.24) is 15.3 Å². The number of likely N-dealkylation sites (tertiary alicyclic amines) is 1. The molecule has 0 aromatic heterocycles. The first-order valence-corrected chi connectivity index (χ1v) is 9.03. The fraction of sp³-hybridized carbons (Fsp3) is 0.368. The van der Waals surface area contributed by atoms with Crippen LogP contribution >= 0.6 is 0 Å². The molecule has 1 N–H and O–H groups in total. The van der Waals surface area contributed by atoms with Gasteiger partial charge in [0.2, 0.25) is 17.8 Å². The number of carbonyl (C=O) groups excluding carboxylic acids is 2. The lowest BCUT2D eigenvalue weighted by Crippen LogP contribution is -2.43. The first kappa shape index (κ1) is 18.7. The van der Waals surface area contributed by atoms with Crippen molar-refractivity contribution in [3.8, 4) is 0 Å². The lowest BCUT2D eigenvalue weighted by molar-refractivity contribution is -0.117. The Bertz CT molecular complexity index is 871. The Hall–Kier alpha value is -2.65. The maximum atomic E-state index is 13.7. The second-order valence-corrected chi connectivity index (χ2v) is 6.84. The van der Waals surface area contributed by atoms with Gasteiger partial charge in [-0.05, 0) is 50.2 Å². The monoisotopic (exact) mass is 393 g/mol. The molecule has 28 heavy (non-hydrogen) atoms. The number of carbonyl (C=O) groups is 2. The van der Waals surface area contributed by atoms with Gasteiger partial charge >= 0.3 is 0 Å². The predicted octanol–water partition coefficient (Wildman–Crippen LogP) is 1.95. The van der Waals surface area contributed by atoms with Crippen LogP contribution in [0.4, 0.5) is 13.2 Å². The van der Waals surface area contributed by atoms with Crippen LogP contribution in [0.25, 0.3) is 0 Å². The first-order chi connectivity index (χ1) is 13.5. The summed E-state index contributed by atoms with van der Waals surface area (Å²) in [5, 5.41) is 1.29. The molecule has 3 aliphatic rings. The molecule has 1 unspecified atom stereocenters. The number of ether oxygens (including phenoxy) is 1. The normalized spacial score (nSPS) is 22.2. The number of benzene rings is 1. The molecule has 1 saturated heterocycles. The van der Waals surface area contributed by atoms with Gasteiger partial charge in [-0.1, -0.05) is 0 Å². The fourth-order valence-corrected chi connectivity index (χ4v) is 3.59. The molecule has 4 rings (SSSR count). The minimum Gasteiger partial charge on any atom is -0.458 e. The van der Waals surface area contributed by atoms with Gasteiger partial charge in [-0.3, -0.25) is 14.6 Å². The van der Waals surface area contributed by atoms with Gasteiger partial charge in [0.15, 0.2) is 23.2 Å². The summed E-state index contributed by atoms with van der Waals surface area (Å²) in [4.78, 5) is 26.7. The Morgan fingerprint density at radius 2 is 1.68 bits per heavy atom. The highest BCUT2D eigenvalue weighted by atomic mass is 19.2. The summed E-state index contributed by atoms with van der Waals surface area (Å²) in [6, 6.07) is 1.58. The standard InChI is InChI=1S/C19H18F3N3O3/c20-12-9-11(10-13(21)16(12)22)19-25(23-5-8-24-6-1-2-7-24)17-14(26)3-4-15(27)18(17)28-19/h3-4,9-10,19,23H,1-2,5-8H2. The Morgan fingerprint density at radius 3 is 2.36 bits per heavy atom. The molecule has 1 atom stereocenters. The lowest BCUT2D eigenvalue weighted by Gasteiger charge is -2.28. The molecule has 148 valence electrons. The first-order valence-electron chi connectivity index (χ1n) is 9.03. The zero-order valence-electron chi connectivity index (χ0n) is 14.9. The van der Waals surface area contributed by atoms with Crippen LogP contribution in [0.15, 0.2) is 35.7 Å². The van der Waals surface area contributed by atoms with E-state index in [9.17, 15) is 22.8 Å². The summed E-state index contributed by atoms with van der Waals surface area (Å²) in [5.41, 5.74) is 2.94. The Labute approximate surface area is 159 Å². The van der Waals surface area contributed by atoms with E-state index in [0.717, 1.165) is 50.2 Å². The molecule has 0 radical (unpaired) electrons. The van der Waals surface area contributed by atoms with Crippen molar-refractivity contribution in [2.45, 2.75) is 19.1 Å². The van der Waals surface area contributed by atoms with E-state index in [2.05, 4.69) is 10.3 Å². The number of nitrogens with zero attached hydrogens (tertiary/aromatic N) is 2. The molecule has 2 aliphatic heterocycles. The van der Waals surface area contributed by atoms with Gasteiger partial charge in [0.1, 0.15) is 5.70 Å². The van der Waals surface area contributed by atoms with Crippen molar-refractivity contribution >= 4 is 11.6 Å². The maximum absolute atomic E-state index is 13.7. The molecule has 0 amide bonds. The molecule has 1 aromatic rings. The maximum Gasteiger partial charge on any atom is 0.223 e. The van der Waals surface area contributed by atoms with Gasteiger partial charge in [-0.15, -0.1) is 0 Å². The minimum absolute atomic E-state index is 0.0240. The quantitative estimate of drug-likeness (QED) is 0.610. The zero-order valence-corrected chi connectivity index (χ0v) is 14.9. The summed E-state index contributed by atoms with van der Waals surface area (Å²) < 4.78 is 46.4. The number of ketones is 2. The molecule has 0 saturated carbocycles. The van der Waals surface area contributed by atoms with Crippen molar-refractivity contribution < 1.29 is 27.5 Å². The largest absolute Gasteiger partial charge is 0.458 e. The number of allylic oxidation sites excluding steroid dienone is 2. The SMILES string of the molecule is O=C1C=CC(=O)C2=C1OC(c1cc(F)c(F)c(F)c1)N2NCCN1CCCC1.